The van der Waals surface area contributed by atoms with Crippen LogP contribution in [0.5, 0.6) is 0 Å². The molecular weight excluding hydrogens is 282 g/mol. The smallest absolute Gasteiger partial charge is 0.344 e. The zero-order chi connectivity index (χ0) is 16.2. The average Bonchev–Trinajstić information content (AvgIpc) is 2.96. The van der Waals surface area contributed by atoms with Crippen molar-refractivity contribution in [1.82, 2.24) is 14.7 Å². The van der Waals surface area contributed by atoms with E-state index in [1.54, 1.807) is 12.4 Å². The van der Waals surface area contributed by atoms with E-state index >= 15 is 0 Å². The number of aromatic nitrogens is 2. The molecule has 3 rings (SSSR count). The highest BCUT2D eigenvalue weighted by atomic mass is 16.2. The lowest BCUT2D eigenvalue weighted by atomic mass is 9.72. The Bertz CT molecular complexity index is 512. The summed E-state index contributed by atoms with van der Waals surface area (Å²) in [5, 5.41) is 6.52. The number of quaternary nitrogens is 1. The van der Waals surface area contributed by atoms with Crippen LogP contribution in [0.4, 0.5) is 10.5 Å². The number of rotatable bonds is 1. The Kier molecular flexibility index (Phi) is 5.18. The van der Waals surface area contributed by atoms with Gasteiger partial charge in [-0.05, 0) is 6.92 Å². The van der Waals surface area contributed by atoms with E-state index in [2.05, 4.69) is 10.4 Å². The van der Waals surface area contributed by atoms with Crippen molar-refractivity contribution in [3.63, 3.8) is 0 Å². The van der Waals surface area contributed by atoms with Crippen LogP contribution in [0, 0.1) is 5.41 Å². The lowest BCUT2D eigenvalue weighted by Crippen LogP contribution is -2.88. The molecule has 2 fully saturated rings. The number of piperidine rings is 1. The molecule has 0 radical (unpaired) electrons. The first-order valence-corrected chi connectivity index (χ1v) is 7.74. The number of aldehydes is 1. The maximum atomic E-state index is 12.3. The molecule has 2 N–H and O–H groups in total. The van der Waals surface area contributed by atoms with Crippen LogP contribution in [-0.2, 0) is 4.79 Å². The Labute approximate surface area is 131 Å². The van der Waals surface area contributed by atoms with Crippen LogP contribution in [0.3, 0.4) is 0 Å². The summed E-state index contributed by atoms with van der Waals surface area (Å²) in [5.41, 5.74) is 1.36. The number of hydrogen-bond acceptors (Lipinski definition) is 4. The molecule has 1 aromatic heterocycles. The summed E-state index contributed by atoms with van der Waals surface area (Å²) in [4.78, 5) is 25.0. The van der Waals surface area contributed by atoms with Gasteiger partial charge in [-0.2, -0.15) is 9.78 Å². The van der Waals surface area contributed by atoms with Crippen molar-refractivity contribution in [2.24, 2.45) is 5.41 Å². The fourth-order valence-corrected chi connectivity index (χ4v) is 3.09. The minimum atomic E-state index is 0.00766. The number of carbonyl (C=O) groups is 2. The molecule has 122 valence electrons. The third-order valence-electron chi connectivity index (χ3n) is 4.36. The number of nitrogens with two attached hydrogens (primary N) is 1. The van der Waals surface area contributed by atoms with E-state index in [9.17, 15) is 4.79 Å². The molecule has 2 aliphatic heterocycles. The summed E-state index contributed by atoms with van der Waals surface area (Å²) in [6.45, 7) is 5.65. The Morgan fingerprint density at radius 1 is 1.36 bits per heavy atom. The second-order valence-corrected chi connectivity index (χ2v) is 6.28. The normalized spacial score (nSPS) is 19.0. The summed E-state index contributed by atoms with van der Waals surface area (Å²) < 4.78 is 1.46. The van der Waals surface area contributed by atoms with Gasteiger partial charge in [0.1, 0.15) is 6.29 Å². The fraction of sp³-hybridized carbons (Fsp3) is 0.667. The van der Waals surface area contributed by atoms with Crippen molar-refractivity contribution >= 4 is 18.0 Å². The molecule has 0 unspecified atom stereocenters. The average molecular weight is 308 g/mol. The summed E-state index contributed by atoms with van der Waals surface area (Å²) in [7, 11) is 3.89. The molecular formula is C15H26N5O2+. The molecule has 0 aromatic carbocycles. The Balaban J connectivity index is 0.000000545. The summed E-state index contributed by atoms with van der Waals surface area (Å²) >= 11 is 0. The van der Waals surface area contributed by atoms with E-state index in [0.717, 1.165) is 25.1 Å². The molecule has 22 heavy (non-hydrogen) atoms. The lowest BCUT2D eigenvalue weighted by molar-refractivity contribution is -0.669. The zero-order valence-electron chi connectivity index (χ0n) is 13.7. The standard InChI is InChI=1S/C13H21N5O.C2H4O/c1-16(2)11-7-15-18(8-11)12(19)17-9-13(10-17)3-5-14-6-4-13;1-2-3/h7-8,14H,3-6,9-10H2,1-2H3;2H,1H3/p+1. The molecule has 0 atom stereocenters. The predicted octanol–water partition coefficient (Wildman–Crippen LogP) is -0.218. The third-order valence-corrected chi connectivity index (χ3v) is 4.36. The topological polar surface area (TPSA) is 75.1 Å². The molecule has 0 saturated carbocycles. The number of nitrogens with zero attached hydrogens (tertiary/aromatic N) is 4. The van der Waals surface area contributed by atoms with Crippen molar-refractivity contribution in [1.29, 1.82) is 0 Å². The molecule has 3 heterocycles. The molecule has 0 bridgehead atoms. The predicted molar refractivity (Wildman–Crippen MR) is 84.0 cm³/mol. The minimum Gasteiger partial charge on any atom is -0.375 e. The second kappa shape index (κ2) is 6.91. The number of amides is 1. The van der Waals surface area contributed by atoms with E-state index in [-0.39, 0.29) is 6.03 Å². The van der Waals surface area contributed by atoms with Gasteiger partial charge in [0.05, 0.1) is 31.2 Å². The van der Waals surface area contributed by atoms with Crippen molar-refractivity contribution in [3.05, 3.63) is 12.4 Å². The zero-order valence-corrected chi connectivity index (χ0v) is 13.7. The van der Waals surface area contributed by atoms with Crippen LogP contribution in [0.25, 0.3) is 0 Å². The summed E-state index contributed by atoms with van der Waals surface area (Å²) in [6, 6.07) is 0.00766. The molecule has 1 amide bonds. The van der Waals surface area contributed by atoms with Gasteiger partial charge in [-0.25, -0.2) is 4.79 Å². The van der Waals surface area contributed by atoms with Gasteiger partial charge in [-0.1, -0.05) is 0 Å². The molecule has 2 aliphatic rings. The Morgan fingerprint density at radius 2 is 1.95 bits per heavy atom. The second-order valence-electron chi connectivity index (χ2n) is 6.28. The van der Waals surface area contributed by atoms with Crippen LogP contribution >= 0.6 is 0 Å². The minimum absolute atomic E-state index is 0.00766. The van der Waals surface area contributed by atoms with Crippen molar-refractivity contribution in [2.75, 3.05) is 45.2 Å². The van der Waals surface area contributed by atoms with E-state index in [4.69, 9.17) is 4.79 Å². The van der Waals surface area contributed by atoms with Gasteiger partial charge in [0, 0.05) is 45.4 Å². The fourth-order valence-electron chi connectivity index (χ4n) is 3.09. The quantitative estimate of drug-likeness (QED) is 0.728. The maximum absolute atomic E-state index is 12.3. The van der Waals surface area contributed by atoms with Crippen LogP contribution in [0.15, 0.2) is 12.4 Å². The van der Waals surface area contributed by atoms with Crippen molar-refractivity contribution in [2.45, 2.75) is 19.8 Å². The van der Waals surface area contributed by atoms with E-state index < -0.39 is 0 Å². The van der Waals surface area contributed by atoms with E-state index in [1.165, 1.54) is 37.5 Å². The van der Waals surface area contributed by atoms with E-state index in [1.807, 2.05) is 23.9 Å². The van der Waals surface area contributed by atoms with Gasteiger partial charge in [0.25, 0.3) is 0 Å². The maximum Gasteiger partial charge on any atom is 0.344 e. The van der Waals surface area contributed by atoms with Crippen LogP contribution < -0.4 is 10.2 Å². The molecule has 1 spiro atoms. The van der Waals surface area contributed by atoms with Crippen LogP contribution in [-0.4, -0.2) is 67.3 Å². The Morgan fingerprint density at radius 3 is 2.45 bits per heavy atom. The van der Waals surface area contributed by atoms with Gasteiger partial charge in [-0.15, -0.1) is 0 Å². The SMILES string of the molecule is CC=O.CN(C)c1cnn(C(=O)N2CC3(CC[NH2+]CC3)C2)c1. The number of hydrogen-bond donors (Lipinski definition) is 1. The number of likely N-dealkylation sites (tertiary alicyclic amines) is 1. The first kappa shape index (κ1) is 16.5. The largest absolute Gasteiger partial charge is 0.375 e. The molecule has 7 heteroatoms. The molecule has 1 aromatic rings. The van der Waals surface area contributed by atoms with E-state index in [0.29, 0.717) is 5.41 Å². The summed E-state index contributed by atoms with van der Waals surface area (Å²) in [5.74, 6) is 0. The van der Waals surface area contributed by atoms with Gasteiger partial charge in [0.15, 0.2) is 0 Å². The highest BCUT2D eigenvalue weighted by Gasteiger charge is 2.47. The third kappa shape index (κ3) is 3.47. The number of anilines is 1. The highest BCUT2D eigenvalue weighted by Crippen LogP contribution is 2.37. The Hall–Kier alpha value is -1.89. The monoisotopic (exact) mass is 308 g/mol. The van der Waals surface area contributed by atoms with Gasteiger partial charge < -0.3 is 19.9 Å². The van der Waals surface area contributed by atoms with Gasteiger partial charge in [-0.3, -0.25) is 0 Å². The first-order chi connectivity index (χ1) is 10.5. The van der Waals surface area contributed by atoms with Crippen molar-refractivity contribution < 1.29 is 14.9 Å². The molecule has 7 nitrogen and oxygen atoms in total. The first-order valence-electron chi connectivity index (χ1n) is 7.74. The van der Waals surface area contributed by atoms with Crippen LogP contribution in [0.1, 0.15) is 19.8 Å². The van der Waals surface area contributed by atoms with Crippen LogP contribution in [0.2, 0.25) is 0 Å². The highest BCUT2D eigenvalue weighted by molar-refractivity contribution is 5.77. The van der Waals surface area contributed by atoms with Gasteiger partial charge >= 0.3 is 6.03 Å². The lowest BCUT2D eigenvalue weighted by Gasteiger charge is -2.50. The summed E-state index contributed by atoms with van der Waals surface area (Å²) in [6.07, 6.45) is 6.74. The number of carbonyl (C=O) groups excluding carboxylic acids is 2. The van der Waals surface area contributed by atoms with Gasteiger partial charge in [0.2, 0.25) is 0 Å². The molecule has 2 saturated heterocycles. The van der Waals surface area contributed by atoms with Crippen molar-refractivity contribution in [3.8, 4) is 0 Å². The molecule has 0 aliphatic carbocycles.